The first-order valence-corrected chi connectivity index (χ1v) is 6.69. The second-order valence-corrected chi connectivity index (χ2v) is 5.14. The molecule has 6 heteroatoms. The molecule has 0 amide bonds. The molecule has 106 valence electrons. The quantitative estimate of drug-likeness (QED) is 0.601. The summed E-state index contributed by atoms with van der Waals surface area (Å²) in [5.41, 5.74) is 0.504. The Morgan fingerprint density at radius 1 is 0.950 bits per heavy atom. The highest BCUT2D eigenvalue weighted by atomic mass is 35.5. The van der Waals surface area contributed by atoms with Crippen LogP contribution in [0, 0.1) is 0 Å². The molecule has 2 aromatic rings. The van der Waals surface area contributed by atoms with Crippen molar-refractivity contribution in [1.82, 2.24) is 0 Å². The first kappa shape index (κ1) is 15.4. The Morgan fingerprint density at radius 3 is 2.25 bits per heavy atom. The standard InChI is InChI=1S/C14H9Cl3F2O/c1-20-7-2-3-9(14(18)19)10(6-7)8-4-5-11(15)13(17)12(8)16/h2-6,14H,1H3. The van der Waals surface area contributed by atoms with Gasteiger partial charge in [0.1, 0.15) is 5.75 Å². The van der Waals surface area contributed by atoms with E-state index in [2.05, 4.69) is 0 Å². The molecule has 0 aliphatic carbocycles. The highest BCUT2D eigenvalue weighted by molar-refractivity contribution is 6.49. The van der Waals surface area contributed by atoms with Gasteiger partial charge in [-0.3, -0.25) is 0 Å². The molecule has 0 fully saturated rings. The van der Waals surface area contributed by atoms with Crippen LogP contribution in [0.5, 0.6) is 5.75 Å². The molecular formula is C14H9Cl3F2O. The topological polar surface area (TPSA) is 9.23 Å². The van der Waals surface area contributed by atoms with Gasteiger partial charge in [0.05, 0.1) is 22.2 Å². The van der Waals surface area contributed by atoms with Crippen molar-refractivity contribution in [2.45, 2.75) is 6.43 Å². The van der Waals surface area contributed by atoms with E-state index in [1.165, 1.54) is 31.4 Å². The molecule has 0 aromatic heterocycles. The number of hydrogen-bond donors (Lipinski definition) is 0. The van der Waals surface area contributed by atoms with E-state index < -0.39 is 6.43 Å². The van der Waals surface area contributed by atoms with Crippen LogP contribution in [0.2, 0.25) is 15.1 Å². The lowest BCUT2D eigenvalue weighted by Gasteiger charge is -2.13. The van der Waals surface area contributed by atoms with Gasteiger partial charge < -0.3 is 4.74 Å². The van der Waals surface area contributed by atoms with E-state index >= 15 is 0 Å². The number of methoxy groups -OCH3 is 1. The zero-order valence-corrected chi connectivity index (χ0v) is 12.5. The molecule has 2 aromatic carbocycles. The number of hydrogen-bond acceptors (Lipinski definition) is 1. The van der Waals surface area contributed by atoms with Crippen LogP contribution in [0.25, 0.3) is 11.1 Å². The molecule has 20 heavy (non-hydrogen) atoms. The van der Waals surface area contributed by atoms with Gasteiger partial charge in [-0.25, -0.2) is 8.78 Å². The van der Waals surface area contributed by atoms with E-state index in [9.17, 15) is 8.78 Å². The van der Waals surface area contributed by atoms with Gasteiger partial charge in [-0.2, -0.15) is 0 Å². The largest absolute Gasteiger partial charge is 0.497 e. The van der Waals surface area contributed by atoms with Crippen molar-refractivity contribution in [1.29, 1.82) is 0 Å². The molecule has 0 aliphatic heterocycles. The Bertz CT molecular complexity index is 645. The minimum Gasteiger partial charge on any atom is -0.497 e. The van der Waals surface area contributed by atoms with E-state index in [1.54, 1.807) is 6.07 Å². The second-order valence-electron chi connectivity index (χ2n) is 3.98. The molecule has 0 unspecified atom stereocenters. The zero-order chi connectivity index (χ0) is 14.9. The summed E-state index contributed by atoms with van der Waals surface area (Å²) in [6.07, 6.45) is -2.64. The third kappa shape index (κ3) is 2.85. The molecule has 0 saturated heterocycles. The summed E-state index contributed by atoms with van der Waals surface area (Å²) < 4.78 is 31.3. The highest BCUT2D eigenvalue weighted by Gasteiger charge is 2.19. The lowest BCUT2D eigenvalue weighted by molar-refractivity contribution is 0.152. The van der Waals surface area contributed by atoms with Crippen molar-refractivity contribution in [2.24, 2.45) is 0 Å². The van der Waals surface area contributed by atoms with Crippen LogP contribution in [0.15, 0.2) is 30.3 Å². The minimum atomic E-state index is -2.64. The van der Waals surface area contributed by atoms with Gasteiger partial charge in [0.15, 0.2) is 0 Å². The number of alkyl halides is 2. The summed E-state index contributed by atoms with van der Waals surface area (Å²) >= 11 is 17.9. The highest BCUT2D eigenvalue weighted by Crippen LogP contribution is 2.42. The van der Waals surface area contributed by atoms with Gasteiger partial charge in [-0.05, 0) is 29.8 Å². The van der Waals surface area contributed by atoms with Gasteiger partial charge in [0.25, 0.3) is 6.43 Å². The molecule has 0 radical (unpaired) electrons. The Labute approximate surface area is 130 Å². The summed E-state index contributed by atoms with van der Waals surface area (Å²) in [5.74, 6) is 0.450. The average Bonchev–Trinajstić information content (AvgIpc) is 2.44. The van der Waals surface area contributed by atoms with Gasteiger partial charge in [0.2, 0.25) is 0 Å². The van der Waals surface area contributed by atoms with Gasteiger partial charge in [-0.15, -0.1) is 0 Å². The summed E-state index contributed by atoms with van der Waals surface area (Å²) in [6.45, 7) is 0. The van der Waals surface area contributed by atoms with Crippen molar-refractivity contribution in [2.75, 3.05) is 7.11 Å². The van der Waals surface area contributed by atoms with Crippen LogP contribution < -0.4 is 4.74 Å². The molecule has 0 heterocycles. The predicted octanol–water partition coefficient (Wildman–Crippen LogP) is 6.26. The van der Waals surface area contributed by atoms with Crippen molar-refractivity contribution >= 4 is 34.8 Å². The number of rotatable bonds is 3. The third-order valence-corrected chi connectivity index (χ3v) is 4.11. The lowest BCUT2D eigenvalue weighted by Crippen LogP contribution is -1.93. The Kier molecular flexibility index (Phi) is 4.74. The SMILES string of the molecule is COc1ccc(C(F)F)c(-c2ccc(Cl)c(Cl)c2Cl)c1. The summed E-state index contributed by atoms with van der Waals surface area (Å²) in [6, 6.07) is 7.33. The fraction of sp³-hybridized carbons (Fsp3) is 0.143. The molecular weight excluding hydrogens is 329 g/mol. The molecule has 0 aliphatic rings. The Morgan fingerprint density at radius 2 is 1.65 bits per heavy atom. The normalized spacial score (nSPS) is 10.9. The van der Waals surface area contributed by atoms with Crippen molar-refractivity contribution in [3.05, 3.63) is 51.0 Å². The van der Waals surface area contributed by atoms with Crippen LogP contribution in [0.1, 0.15) is 12.0 Å². The summed E-state index contributed by atoms with van der Waals surface area (Å²) in [7, 11) is 1.46. The van der Waals surface area contributed by atoms with Crippen LogP contribution in [-0.4, -0.2) is 7.11 Å². The molecule has 0 atom stereocenters. The lowest BCUT2D eigenvalue weighted by atomic mass is 9.99. The van der Waals surface area contributed by atoms with Gasteiger partial charge >= 0.3 is 0 Å². The van der Waals surface area contributed by atoms with E-state index in [0.717, 1.165) is 0 Å². The first-order chi connectivity index (χ1) is 9.45. The van der Waals surface area contributed by atoms with Crippen LogP contribution in [0.4, 0.5) is 8.78 Å². The number of ether oxygens (including phenoxy) is 1. The molecule has 0 N–H and O–H groups in total. The van der Waals surface area contributed by atoms with Gasteiger partial charge in [-0.1, -0.05) is 40.9 Å². The Balaban J connectivity index is 2.70. The van der Waals surface area contributed by atoms with E-state index in [-0.39, 0.29) is 26.2 Å². The van der Waals surface area contributed by atoms with Crippen molar-refractivity contribution in [3.63, 3.8) is 0 Å². The maximum Gasteiger partial charge on any atom is 0.264 e. The molecule has 1 nitrogen and oxygen atoms in total. The molecule has 0 spiro atoms. The fourth-order valence-corrected chi connectivity index (χ4v) is 2.46. The molecule has 2 rings (SSSR count). The van der Waals surface area contributed by atoms with Crippen LogP contribution in [0.3, 0.4) is 0 Å². The summed E-state index contributed by atoms with van der Waals surface area (Å²) in [4.78, 5) is 0. The minimum absolute atomic E-state index is 0.133. The first-order valence-electron chi connectivity index (χ1n) is 5.55. The maximum atomic E-state index is 13.1. The molecule has 0 bridgehead atoms. The van der Waals surface area contributed by atoms with Gasteiger partial charge in [0, 0.05) is 11.1 Å². The van der Waals surface area contributed by atoms with E-state index in [4.69, 9.17) is 39.5 Å². The van der Waals surface area contributed by atoms with Crippen LogP contribution >= 0.6 is 34.8 Å². The second kappa shape index (κ2) is 6.17. The Hall–Kier alpha value is -1.03. The average molecular weight is 338 g/mol. The van der Waals surface area contributed by atoms with Crippen molar-refractivity contribution < 1.29 is 13.5 Å². The van der Waals surface area contributed by atoms with Crippen molar-refractivity contribution in [3.8, 4) is 16.9 Å². The smallest absolute Gasteiger partial charge is 0.264 e. The van der Waals surface area contributed by atoms with Crippen LogP contribution in [-0.2, 0) is 0 Å². The number of halogens is 5. The number of benzene rings is 2. The van der Waals surface area contributed by atoms with E-state index in [0.29, 0.717) is 11.3 Å². The molecule has 0 saturated carbocycles. The summed E-state index contributed by atoms with van der Waals surface area (Å²) in [5, 5.41) is 0.532. The third-order valence-electron chi connectivity index (χ3n) is 2.82. The van der Waals surface area contributed by atoms with E-state index in [1.807, 2.05) is 0 Å². The predicted molar refractivity (Wildman–Crippen MR) is 78.4 cm³/mol. The zero-order valence-electron chi connectivity index (χ0n) is 10.3. The fourth-order valence-electron chi connectivity index (χ4n) is 1.82. The monoisotopic (exact) mass is 336 g/mol. The maximum absolute atomic E-state index is 13.1.